The van der Waals surface area contributed by atoms with Gasteiger partial charge < -0.3 is 5.11 Å². The highest BCUT2D eigenvalue weighted by Gasteiger charge is 2.14. The van der Waals surface area contributed by atoms with Gasteiger partial charge >= 0.3 is 0 Å². The van der Waals surface area contributed by atoms with Crippen LogP contribution in [0.3, 0.4) is 0 Å². The maximum absolute atomic E-state index is 13.1. The van der Waals surface area contributed by atoms with Gasteiger partial charge in [0.05, 0.1) is 21.7 Å². The van der Waals surface area contributed by atoms with Crippen LogP contribution < -0.4 is 4.72 Å². The summed E-state index contributed by atoms with van der Waals surface area (Å²) in [7, 11) is -3.74. The van der Waals surface area contributed by atoms with Gasteiger partial charge in [0.25, 0.3) is 10.0 Å². The van der Waals surface area contributed by atoms with Crippen molar-refractivity contribution in [2.45, 2.75) is 11.5 Å². The summed E-state index contributed by atoms with van der Waals surface area (Å²) in [5, 5.41) is 8.92. The molecule has 0 fully saturated rings. The molecule has 0 aliphatic carbocycles. The second kappa shape index (κ2) is 5.90. The molecule has 2 aromatic rings. The summed E-state index contributed by atoms with van der Waals surface area (Å²) in [5.74, 6) is -0.472. The number of benzene rings is 2. The first kappa shape index (κ1) is 15.0. The van der Waals surface area contributed by atoms with Crippen molar-refractivity contribution in [1.29, 1.82) is 0 Å². The zero-order chi connectivity index (χ0) is 14.8. The lowest BCUT2D eigenvalue weighted by atomic mass is 10.2. The van der Waals surface area contributed by atoms with Gasteiger partial charge in [-0.15, -0.1) is 0 Å². The Labute approximate surface area is 124 Å². The zero-order valence-corrected chi connectivity index (χ0v) is 12.6. The molecule has 0 amide bonds. The van der Waals surface area contributed by atoms with Crippen LogP contribution in [-0.2, 0) is 16.6 Å². The van der Waals surface area contributed by atoms with Gasteiger partial charge in [0, 0.05) is 0 Å². The highest BCUT2D eigenvalue weighted by atomic mass is 79.9. The minimum absolute atomic E-state index is 0.0650. The van der Waals surface area contributed by atoms with E-state index in [-0.39, 0.29) is 21.7 Å². The van der Waals surface area contributed by atoms with E-state index in [2.05, 4.69) is 20.7 Å². The zero-order valence-electron chi connectivity index (χ0n) is 10.2. The lowest BCUT2D eigenvalue weighted by molar-refractivity contribution is 0.282. The molecule has 2 rings (SSSR count). The van der Waals surface area contributed by atoms with Crippen LogP contribution in [-0.4, -0.2) is 13.5 Å². The van der Waals surface area contributed by atoms with E-state index in [9.17, 15) is 12.8 Å². The predicted molar refractivity (Wildman–Crippen MR) is 77.3 cm³/mol. The number of rotatable bonds is 4. The van der Waals surface area contributed by atoms with Crippen molar-refractivity contribution in [2.75, 3.05) is 4.72 Å². The number of hydrogen-bond acceptors (Lipinski definition) is 3. The van der Waals surface area contributed by atoms with Gasteiger partial charge in [0.15, 0.2) is 0 Å². The molecule has 2 N–H and O–H groups in total. The summed E-state index contributed by atoms with van der Waals surface area (Å²) < 4.78 is 39.8. The van der Waals surface area contributed by atoms with Crippen molar-refractivity contribution in [3.05, 3.63) is 58.3 Å². The molecule has 0 saturated heterocycles. The van der Waals surface area contributed by atoms with Crippen molar-refractivity contribution < 1.29 is 17.9 Å². The van der Waals surface area contributed by atoms with Crippen LogP contribution in [0.4, 0.5) is 10.1 Å². The van der Waals surface area contributed by atoms with Gasteiger partial charge in [-0.1, -0.05) is 12.1 Å². The second-order valence-corrected chi connectivity index (χ2v) is 6.57. The van der Waals surface area contributed by atoms with Gasteiger partial charge in [-0.05, 0) is 51.8 Å². The third kappa shape index (κ3) is 3.36. The van der Waals surface area contributed by atoms with Gasteiger partial charge in [-0.2, -0.15) is 0 Å². The van der Waals surface area contributed by atoms with Gasteiger partial charge in [0.2, 0.25) is 0 Å². The Morgan fingerprint density at radius 1 is 1.15 bits per heavy atom. The van der Waals surface area contributed by atoms with Crippen molar-refractivity contribution in [3.8, 4) is 0 Å². The highest BCUT2D eigenvalue weighted by Crippen LogP contribution is 2.22. The molecule has 0 saturated carbocycles. The summed E-state index contributed by atoms with van der Waals surface area (Å²) in [6, 6.07) is 9.68. The molecule has 0 aliphatic heterocycles. The lowest BCUT2D eigenvalue weighted by Gasteiger charge is -2.09. The number of hydrogen-bond donors (Lipinski definition) is 2. The highest BCUT2D eigenvalue weighted by molar-refractivity contribution is 9.10. The molecule has 20 heavy (non-hydrogen) atoms. The molecule has 4 nitrogen and oxygen atoms in total. The number of aliphatic hydroxyl groups is 1. The number of nitrogens with one attached hydrogen (secondary N) is 1. The average Bonchev–Trinajstić information content (AvgIpc) is 2.43. The quantitative estimate of drug-likeness (QED) is 0.881. The summed E-state index contributed by atoms with van der Waals surface area (Å²) in [4.78, 5) is 0.0650. The van der Waals surface area contributed by atoms with Gasteiger partial charge in [-0.25, -0.2) is 12.8 Å². The lowest BCUT2D eigenvalue weighted by Crippen LogP contribution is -2.13. The van der Waals surface area contributed by atoms with Crippen molar-refractivity contribution in [2.24, 2.45) is 0 Å². The van der Waals surface area contributed by atoms with Crippen LogP contribution in [0.25, 0.3) is 0 Å². The van der Waals surface area contributed by atoms with Crippen LogP contribution in [0, 0.1) is 5.82 Å². The third-order valence-electron chi connectivity index (χ3n) is 2.59. The van der Waals surface area contributed by atoms with Crippen LogP contribution >= 0.6 is 15.9 Å². The average molecular weight is 360 g/mol. The molecule has 0 bridgehead atoms. The van der Waals surface area contributed by atoms with Crippen molar-refractivity contribution in [3.63, 3.8) is 0 Å². The molecule has 0 unspecified atom stereocenters. The van der Waals surface area contributed by atoms with E-state index in [4.69, 9.17) is 5.11 Å². The fraction of sp³-hybridized carbons (Fsp3) is 0.0769. The van der Waals surface area contributed by atoms with E-state index in [1.807, 2.05) is 0 Å². The molecule has 2 aromatic carbocycles. The SMILES string of the molecule is O=S(=O)(Nc1ccc(F)c(Br)c1)c1ccc(CO)cc1. The maximum Gasteiger partial charge on any atom is 0.261 e. The smallest absolute Gasteiger partial charge is 0.261 e. The van der Waals surface area contributed by atoms with E-state index in [0.29, 0.717) is 5.56 Å². The predicted octanol–water partition coefficient (Wildman–Crippen LogP) is 2.88. The van der Waals surface area contributed by atoms with E-state index < -0.39 is 15.8 Å². The second-order valence-electron chi connectivity index (χ2n) is 4.04. The van der Waals surface area contributed by atoms with Crippen molar-refractivity contribution >= 4 is 31.6 Å². The summed E-state index contributed by atoms with van der Waals surface area (Å²) >= 11 is 2.99. The molecule has 0 aromatic heterocycles. The minimum Gasteiger partial charge on any atom is -0.392 e. The summed E-state index contributed by atoms with van der Waals surface area (Å²) in [6.07, 6.45) is 0. The van der Waals surface area contributed by atoms with Gasteiger partial charge in [-0.3, -0.25) is 4.72 Å². The number of halogens is 2. The Morgan fingerprint density at radius 2 is 1.80 bits per heavy atom. The Hall–Kier alpha value is -1.44. The van der Waals surface area contributed by atoms with Crippen molar-refractivity contribution in [1.82, 2.24) is 0 Å². The molecule has 7 heteroatoms. The first-order chi connectivity index (χ1) is 9.42. The van der Waals surface area contributed by atoms with Crippen LogP contribution in [0.2, 0.25) is 0 Å². The topological polar surface area (TPSA) is 66.4 Å². The Bertz CT molecular complexity index is 717. The molecular formula is C13H11BrFNO3S. The fourth-order valence-corrected chi connectivity index (χ4v) is 2.98. The summed E-state index contributed by atoms with van der Waals surface area (Å²) in [5.41, 5.74) is 0.873. The summed E-state index contributed by atoms with van der Waals surface area (Å²) in [6.45, 7) is -0.154. The van der Waals surface area contributed by atoms with Crippen LogP contribution in [0.5, 0.6) is 0 Å². The number of sulfonamides is 1. The number of anilines is 1. The number of aliphatic hydroxyl groups excluding tert-OH is 1. The molecular weight excluding hydrogens is 349 g/mol. The van der Waals surface area contributed by atoms with E-state index >= 15 is 0 Å². The molecule has 0 heterocycles. The standard InChI is InChI=1S/C13H11BrFNO3S/c14-12-7-10(3-6-13(12)15)16-20(18,19)11-4-1-9(8-17)2-5-11/h1-7,16-17H,8H2. The van der Waals surface area contributed by atoms with Crippen LogP contribution in [0.1, 0.15) is 5.56 Å². The molecule has 0 radical (unpaired) electrons. The van der Waals surface area contributed by atoms with Gasteiger partial charge in [0.1, 0.15) is 5.82 Å². The Balaban J connectivity index is 2.27. The molecule has 0 spiro atoms. The monoisotopic (exact) mass is 359 g/mol. The first-order valence-electron chi connectivity index (χ1n) is 5.60. The van der Waals surface area contributed by atoms with E-state index in [1.54, 1.807) is 0 Å². The maximum atomic E-state index is 13.1. The third-order valence-corrected chi connectivity index (χ3v) is 4.59. The Kier molecular flexibility index (Phi) is 4.42. The molecule has 0 aliphatic rings. The van der Waals surface area contributed by atoms with Crippen LogP contribution in [0.15, 0.2) is 51.8 Å². The normalized spacial score (nSPS) is 11.3. The fourth-order valence-electron chi connectivity index (χ4n) is 1.55. The Morgan fingerprint density at radius 3 is 2.35 bits per heavy atom. The van der Waals surface area contributed by atoms with E-state index in [0.717, 1.165) is 6.07 Å². The largest absolute Gasteiger partial charge is 0.392 e. The molecule has 0 atom stereocenters. The van der Waals surface area contributed by atoms with E-state index in [1.165, 1.54) is 36.4 Å². The minimum atomic E-state index is -3.74. The molecule has 106 valence electrons. The first-order valence-corrected chi connectivity index (χ1v) is 7.87.